The fraction of sp³-hybridized carbons (Fsp3) is 0.625. The molecule has 0 bridgehead atoms. The maximum absolute atomic E-state index is 12.2. The van der Waals surface area contributed by atoms with Crippen molar-refractivity contribution in [3.63, 3.8) is 0 Å². The van der Waals surface area contributed by atoms with E-state index in [0.29, 0.717) is 24.0 Å². The number of sulfonamides is 1. The predicted molar refractivity (Wildman–Crippen MR) is 88.0 cm³/mol. The zero-order valence-corrected chi connectivity index (χ0v) is 14.4. The van der Waals surface area contributed by atoms with Crippen molar-refractivity contribution < 1.29 is 8.42 Å². The Morgan fingerprint density at radius 3 is 2.33 bits per heavy atom. The van der Waals surface area contributed by atoms with Gasteiger partial charge in [0.1, 0.15) is 0 Å². The maximum atomic E-state index is 12.2. The molecular formula is C16H28N2O2S. The number of hydrogen-bond acceptors (Lipinski definition) is 3. The Bertz CT molecular complexity index is 512. The number of aryl methyl sites for hydroxylation is 1. The van der Waals surface area contributed by atoms with Crippen molar-refractivity contribution >= 4 is 10.0 Å². The standard InChI is InChI=1S/C16H28N2O2S/c1-5-7-15-8-10-16(11-9-15)21(19,20)17-12-13-18(4)14(3)6-2/h8-11,14,17H,5-7,12-13H2,1-4H3. The first-order valence-corrected chi connectivity index (χ1v) is 9.17. The molecule has 1 unspecified atom stereocenters. The minimum absolute atomic E-state index is 0.341. The largest absolute Gasteiger partial charge is 0.302 e. The third-order valence-electron chi connectivity index (χ3n) is 3.87. The summed E-state index contributed by atoms with van der Waals surface area (Å²) in [4.78, 5) is 2.50. The smallest absolute Gasteiger partial charge is 0.240 e. The van der Waals surface area contributed by atoms with Crippen molar-refractivity contribution in [2.45, 2.75) is 51.0 Å². The predicted octanol–water partition coefficient (Wildman–Crippen LogP) is 2.65. The molecule has 0 aliphatic carbocycles. The fourth-order valence-corrected chi connectivity index (χ4v) is 3.12. The molecule has 5 heteroatoms. The van der Waals surface area contributed by atoms with E-state index in [9.17, 15) is 8.42 Å². The van der Waals surface area contributed by atoms with Gasteiger partial charge in [0.05, 0.1) is 4.90 Å². The summed E-state index contributed by atoms with van der Waals surface area (Å²) in [6.07, 6.45) is 3.10. The molecule has 1 atom stereocenters. The van der Waals surface area contributed by atoms with Crippen LogP contribution in [0.2, 0.25) is 0 Å². The Labute approximate surface area is 129 Å². The highest BCUT2D eigenvalue weighted by molar-refractivity contribution is 7.89. The van der Waals surface area contributed by atoms with Crippen LogP contribution in [-0.4, -0.2) is 39.5 Å². The van der Waals surface area contributed by atoms with Crippen LogP contribution in [0, 0.1) is 0 Å². The van der Waals surface area contributed by atoms with Gasteiger partial charge in [-0.3, -0.25) is 0 Å². The van der Waals surface area contributed by atoms with E-state index in [4.69, 9.17) is 0 Å². The van der Waals surface area contributed by atoms with Gasteiger partial charge in [-0.2, -0.15) is 0 Å². The van der Waals surface area contributed by atoms with Gasteiger partial charge < -0.3 is 4.90 Å². The van der Waals surface area contributed by atoms with Crippen LogP contribution in [-0.2, 0) is 16.4 Å². The third-order valence-corrected chi connectivity index (χ3v) is 5.35. The second-order valence-electron chi connectivity index (χ2n) is 5.53. The highest BCUT2D eigenvalue weighted by atomic mass is 32.2. The molecule has 0 heterocycles. The molecule has 0 amide bonds. The first-order chi connectivity index (χ1) is 9.90. The first kappa shape index (κ1) is 18.1. The summed E-state index contributed by atoms with van der Waals surface area (Å²) < 4.78 is 27.1. The highest BCUT2D eigenvalue weighted by Crippen LogP contribution is 2.11. The van der Waals surface area contributed by atoms with Crippen molar-refractivity contribution in [2.24, 2.45) is 0 Å². The summed E-state index contributed by atoms with van der Waals surface area (Å²) in [5, 5.41) is 0. The molecule has 0 aromatic heterocycles. The van der Waals surface area contributed by atoms with Crippen LogP contribution < -0.4 is 4.72 Å². The molecule has 0 fully saturated rings. The van der Waals surface area contributed by atoms with Gasteiger partial charge in [-0.05, 0) is 44.5 Å². The number of nitrogens with zero attached hydrogens (tertiary/aromatic N) is 1. The Balaban J connectivity index is 2.57. The number of benzene rings is 1. The second kappa shape index (κ2) is 8.51. The van der Waals surface area contributed by atoms with Gasteiger partial charge in [0, 0.05) is 19.1 Å². The van der Waals surface area contributed by atoms with Crippen molar-refractivity contribution in [1.29, 1.82) is 0 Å². The molecule has 4 nitrogen and oxygen atoms in total. The molecular weight excluding hydrogens is 284 g/mol. The summed E-state index contributed by atoms with van der Waals surface area (Å²) in [6.45, 7) is 7.52. The summed E-state index contributed by atoms with van der Waals surface area (Å²) >= 11 is 0. The average molecular weight is 312 g/mol. The molecule has 1 N–H and O–H groups in total. The van der Waals surface area contributed by atoms with Crippen LogP contribution in [0.4, 0.5) is 0 Å². The van der Waals surface area contributed by atoms with E-state index < -0.39 is 10.0 Å². The van der Waals surface area contributed by atoms with Crippen LogP contribution >= 0.6 is 0 Å². The van der Waals surface area contributed by atoms with Gasteiger partial charge in [0.2, 0.25) is 10.0 Å². The quantitative estimate of drug-likeness (QED) is 0.762. The van der Waals surface area contributed by atoms with Crippen LogP contribution in [0.5, 0.6) is 0 Å². The van der Waals surface area contributed by atoms with Crippen molar-refractivity contribution in [1.82, 2.24) is 9.62 Å². The molecule has 0 spiro atoms. The van der Waals surface area contributed by atoms with Crippen molar-refractivity contribution in [3.8, 4) is 0 Å². The lowest BCUT2D eigenvalue weighted by atomic mass is 10.1. The normalized spacial score (nSPS) is 13.6. The van der Waals surface area contributed by atoms with Crippen LogP contribution in [0.25, 0.3) is 0 Å². The van der Waals surface area contributed by atoms with Crippen molar-refractivity contribution in [2.75, 3.05) is 20.1 Å². The van der Waals surface area contributed by atoms with E-state index in [1.54, 1.807) is 12.1 Å². The molecule has 120 valence electrons. The zero-order chi connectivity index (χ0) is 15.9. The van der Waals surface area contributed by atoms with Crippen LogP contribution in [0.15, 0.2) is 29.2 Å². The third kappa shape index (κ3) is 5.77. The topological polar surface area (TPSA) is 49.4 Å². The number of likely N-dealkylation sites (N-methyl/N-ethyl adjacent to an activating group) is 1. The molecule has 0 saturated carbocycles. The summed E-state index contributed by atoms with van der Waals surface area (Å²) in [6, 6.07) is 7.62. The molecule has 0 radical (unpaired) electrons. The van der Waals surface area contributed by atoms with Gasteiger partial charge >= 0.3 is 0 Å². The lowest BCUT2D eigenvalue weighted by molar-refractivity contribution is 0.256. The summed E-state index contributed by atoms with van der Waals surface area (Å²) in [5.41, 5.74) is 1.17. The zero-order valence-electron chi connectivity index (χ0n) is 13.6. The van der Waals surface area contributed by atoms with E-state index in [-0.39, 0.29) is 0 Å². The number of nitrogens with one attached hydrogen (secondary N) is 1. The lowest BCUT2D eigenvalue weighted by Gasteiger charge is -2.23. The van der Waals surface area contributed by atoms with E-state index in [0.717, 1.165) is 19.3 Å². The monoisotopic (exact) mass is 312 g/mol. The highest BCUT2D eigenvalue weighted by Gasteiger charge is 2.14. The Morgan fingerprint density at radius 2 is 1.81 bits per heavy atom. The molecule has 21 heavy (non-hydrogen) atoms. The molecule has 0 saturated heterocycles. The minimum atomic E-state index is -3.40. The van der Waals surface area contributed by atoms with Gasteiger partial charge in [0.15, 0.2) is 0 Å². The lowest BCUT2D eigenvalue weighted by Crippen LogP contribution is -2.37. The van der Waals surface area contributed by atoms with E-state index >= 15 is 0 Å². The molecule has 1 aromatic rings. The second-order valence-corrected chi connectivity index (χ2v) is 7.30. The minimum Gasteiger partial charge on any atom is -0.302 e. The van der Waals surface area contributed by atoms with Gasteiger partial charge in [-0.25, -0.2) is 13.1 Å². The average Bonchev–Trinajstić information content (AvgIpc) is 2.47. The summed E-state index contributed by atoms with van der Waals surface area (Å²) in [5.74, 6) is 0. The van der Waals surface area contributed by atoms with Gasteiger partial charge in [-0.15, -0.1) is 0 Å². The Kier molecular flexibility index (Phi) is 7.35. The van der Waals surface area contributed by atoms with Crippen LogP contribution in [0.3, 0.4) is 0 Å². The fourth-order valence-electron chi connectivity index (χ4n) is 2.10. The number of hydrogen-bond donors (Lipinski definition) is 1. The summed E-state index contributed by atoms with van der Waals surface area (Å²) in [7, 11) is -1.38. The van der Waals surface area contributed by atoms with Gasteiger partial charge in [0.25, 0.3) is 0 Å². The maximum Gasteiger partial charge on any atom is 0.240 e. The van der Waals surface area contributed by atoms with Crippen molar-refractivity contribution in [3.05, 3.63) is 29.8 Å². The number of rotatable bonds is 9. The van der Waals surface area contributed by atoms with E-state index in [1.807, 2.05) is 19.2 Å². The Morgan fingerprint density at radius 1 is 1.19 bits per heavy atom. The Hall–Kier alpha value is -0.910. The van der Waals surface area contributed by atoms with Crippen LogP contribution in [0.1, 0.15) is 39.2 Å². The van der Waals surface area contributed by atoms with Gasteiger partial charge in [-0.1, -0.05) is 32.4 Å². The van der Waals surface area contributed by atoms with E-state index in [2.05, 4.69) is 30.4 Å². The molecule has 1 rings (SSSR count). The first-order valence-electron chi connectivity index (χ1n) is 7.69. The molecule has 0 aliphatic rings. The molecule has 0 aliphatic heterocycles. The molecule has 1 aromatic carbocycles. The van der Waals surface area contributed by atoms with E-state index in [1.165, 1.54) is 5.56 Å². The SMILES string of the molecule is CCCc1ccc(S(=O)(=O)NCCN(C)C(C)CC)cc1.